The van der Waals surface area contributed by atoms with Crippen LogP contribution in [0.15, 0.2) is 30.3 Å². The van der Waals surface area contributed by atoms with Crippen molar-refractivity contribution in [2.75, 3.05) is 33.3 Å². The molecule has 0 aromatic heterocycles. The van der Waals surface area contributed by atoms with Gasteiger partial charge in [-0.05, 0) is 17.7 Å². The predicted octanol–water partition coefficient (Wildman–Crippen LogP) is 4.12. The summed E-state index contributed by atoms with van der Waals surface area (Å²) >= 11 is 12.5. The number of methoxy groups -OCH3 is 4. The van der Waals surface area contributed by atoms with Gasteiger partial charge in [0.15, 0.2) is 23.1 Å². The molecule has 0 aliphatic carbocycles. The van der Waals surface area contributed by atoms with Crippen molar-refractivity contribution in [1.29, 1.82) is 0 Å². The molecule has 1 aliphatic heterocycles. The van der Waals surface area contributed by atoms with Crippen LogP contribution >= 0.6 is 23.2 Å². The molecule has 1 saturated heterocycles. The van der Waals surface area contributed by atoms with Crippen molar-refractivity contribution in [2.45, 2.75) is 10.4 Å². The highest BCUT2D eigenvalue weighted by Gasteiger charge is 2.60. The number of alkyl halides is 2. The number of carbonyl (C=O) groups excluding carboxylic acids is 1. The van der Waals surface area contributed by atoms with Gasteiger partial charge >= 0.3 is 0 Å². The third-order valence-electron chi connectivity index (χ3n) is 4.52. The number of halogens is 3. The third kappa shape index (κ3) is 3.08. The zero-order valence-electron chi connectivity index (χ0n) is 15.6. The van der Waals surface area contributed by atoms with Crippen LogP contribution in [-0.2, 0) is 4.79 Å². The van der Waals surface area contributed by atoms with Gasteiger partial charge in [-0.2, -0.15) is 0 Å². The first-order valence-corrected chi connectivity index (χ1v) is 8.90. The minimum atomic E-state index is -1.75. The Morgan fingerprint density at radius 3 is 1.96 bits per heavy atom. The Morgan fingerprint density at radius 2 is 1.50 bits per heavy atom. The molecule has 1 heterocycles. The number of hydrogen-bond donors (Lipinski definition) is 0. The number of rotatable bonds is 6. The molecule has 0 unspecified atom stereocenters. The Labute approximate surface area is 171 Å². The van der Waals surface area contributed by atoms with Crippen LogP contribution in [-0.4, -0.2) is 38.7 Å². The molecule has 0 bridgehead atoms. The summed E-state index contributed by atoms with van der Waals surface area (Å²) in [5.74, 6) is 0.0109. The van der Waals surface area contributed by atoms with E-state index >= 15 is 0 Å². The number of anilines is 1. The Balaban J connectivity index is 2.10. The van der Waals surface area contributed by atoms with E-state index in [0.717, 1.165) is 0 Å². The zero-order chi connectivity index (χ0) is 20.6. The van der Waals surface area contributed by atoms with E-state index in [2.05, 4.69) is 0 Å². The van der Waals surface area contributed by atoms with Crippen LogP contribution in [0.4, 0.5) is 10.1 Å². The summed E-state index contributed by atoms with van der Waals surface area (Å²) in [5.41, 5.74) is 0.828. The summed E-state index contributed by atoms with van der Waals surface area (Å²) in [6, 6.07) is 6.64. The lowest BCUT2D eigenvalue weighted by molar-refractivity contribution is -0.125. The van der Waals surface area contributed by atoms with Crippen LogP contribution in [0, 0.1) is 5.82 Å². The van der Waals surface area contributed by atoms with E-state index in [9.17, 15) is 9.18 Å². The van der Waals surface area contributed by atoms with Gasteiger partial charge in [0.25, 0.3) is 5.91 Å². The van der Waals surface area contributed by atoms with E-state index in [4.69, 9.17) is 42.1 Å². The second-order valence-corrected chi connectivity index (χ2v) is 7.36. The molecule has 150 valence electrons. The topological polar surface area (TPSA) is 57.2 Å². The molecule has 28 heavy (non-hydrogen) atoms. The molecule has 1 aliphatic rings. The van der Waals surface area contributed by atoms with E-state index in [0.29, 0.717) is 28.5 Å². The van der Waals surface area contributed by atoms with Gasteiger partial charge in [0, 0.05) is 12.1 Å². The first kappa shape index (κ1) is 20.4. The number of carbonyl (C=O) groups is 1. The van der Waals surface area contributed by atoms with Gasteiger partial charge in [0.2, 0.25) is 10.1 Å². The van der Waals surface area contributed by atoms with Crippen LogP contribution < -0.4 is 23.8 Å². The molecule has 2 aromatic carbocycles. The fourth-order valence-corrected chi connectivity index (χ4v) is 3.80. The molecule has 1 atom stereocenters. The van der Waals surface area contributed by atoms with Crippen molar-refractivity contribution in [1.82, 2.24) is 0 Å². The van der Waals surface area contributed by atoms with E-state index in [1.54, 1.807) is 18.2 Å². The quantitative estimate of drug-likeness (QED) is 0.510. The Bertz CT molecular complexity index is 896. The van der Waals surface area contributed by atoms with Crippen molar-refractivity contribution < 1.29 is 28.1 Å². The first-order chi connectivity index (χ1) is 13.3. The maximum Gasteiger partial charge on any atom is 0.266 e. The normalized spacial score (nSPS) is 17.8. The van der Waals surface area contributed by atoms with Gasteiger partial charge in [-0.1, -0.05) is 29.3 Å². The number of benzene rings is 2. The molecule has 6 nitrogen and oxygen atoms in total. The van der Waals surface area contributed by atoms with Gasteiger partial charge in [-0.15, -0.1) is 0 Å². The van der Waals surface area contributed by atoms with Crippen molar-refractivity contribution in [3.05, 3.63) is 41.7 Å². The lowest BCUT2D eigenvalue weighted by Gasteiger charge is -2.49. The SMILES string of the molecule is COc1ccc([C@@H]2N(c3cc(OC)c(OC)c(OC)c3)C(=O)C2(Cl)Cl)cc1F. The molecule has 0 N–H and O–H groups in total. The smallest absolute Gasteiger partial charge is 0.266 e. The largest absolute Gasteiger partial charge is 0.494 e. The molecule has 1 amide bonds. The fourth-order valence-electron chi connectivity index (χ4n) is 3.17. The van der Waals surface area contributed by atoms with E-state index in [1.165, 1.54) is 45.5 Å². The Kier molecular flexibility index (Phi) is 5.50. The highest BCUT2D eigenvalue weighted by Crippen LogP contribution is 2.55. The van der Waals surface area contributed by atoms with E-state index < -0.39 is 22.1 Å². The van der Waals surface area contributed by atoms with Crippen molar-refractivity contribution >= 4 is 34.8 Å². The standard InChI is InChI=1S/C19H18Cl2FNO5/c1-25-13-6-5-10(7-12(13)22)17-19(20,21)18(24)23(17)11-8-14(26-2)16(28-4)15(9-11)27-3/h5-9,17H,1-4H3/t17-/m0/s1. The molecule has 2 aromatic rings. The average molecular weight is 430 g/mol. The number of ether oxygens (including phenoxy) is 4. The van der Waals surface area contributed by atoms with Crippen LogP contribution in [0.3, 0.4) is 0 Å². The molecule has 3 rings (SSSR count). The van der Waals surface area contributed by atoms with Crippen molar-refractivity contribution in [2.24, 2.45) is 0 Å². The Morgan fingerprint density at radius 1 is 0.929 bits per heavy atom. The highest BCUT2D eigenvalue weighted by molar-refractivity contribution is 6.62. The molecular weight excluding hydrogens is 412 g/mol. The number of amides is 1. The lowest BCUT2D eigenvalue weighted by Crippen LogP contribution is -2.63. The highest BCUT2D eigenvalue weighted by atomic mass is 35.5. The summed E-state index contributed by atoms with van der Waals surface area (Å²) in [6.07, 6.45) is 0. The van der Waals surface area contributed by atoms with E-state index in [-0.39, 0.29) is 5.75 Å². The average Bonchev–Trinajstić information content (AvgIpc) is 2.70. The van der Waals surface area contributed by atoms with Gasteiger partial charge < -0.3 is 18.9 Å². The predicted molar refractivity (Wildman–Crippen MR) is 104 cm³/mol. The summed E-state index contributed by atoms with van der Waals surface area (Å²) in [4.78, 5) is 14.0. The number of hydrogen-bond acceptors (Lipinski definition) is 5. The van der Waals surface area contributed by atoms with Crippen LogP contribution in [0.1, 0.15) is 11.6 Å². The summed E-state index contributed by atoms with van der Waals surface area (Å²) < 4.78 is 33.4. The Hall–Kier alpha value is -2.38. The zero-order valence-corrected chi connectivity index (χ0v) is 17.1. The van der Waals surface area contributed by atoms with Crippen LogP contribution in [0.25, 0.3) is 0 Å². The number of β-lactam (4-membered cyclic amide) rings is 1. The molecule has 0 spiro atoms. The second kappa shape index (κ2) is 7.56. The summed E-state index contributed by atoms with van der Waals surface area (Å²) in [6.45, 7) is 0. The second-order valence-electron chi connectivity index (χ2n) is 5.98. The minimum absolute atomic E-state index is 0.0727. The van der Waals surface area contributed by atoms with Gasteiger partial charge in [0.05, 0.1) is 34.1 Å². The molecule has 1 fully saturated rings. The maximum atomic E-state index is 14.2. The van der Waals surface area contributed by atoms with Crippen molar-refractivity contribution in [3.63, 3.8) is 0 Å². The van der Waals surface area contributed by atoms with Crippen LogP contribution in [0.5, 0.6) is 23.0 Å². The van der Waals surface area contributed by atoms with Gasteiger partial charge in [0.1, 0.15) is 6.04 Å². The van der Waals surface area contributed by atoms with Gasteiger partial charge in [-0.3, -0.25) is 9.69 Å². The fraction of sp³-hybridized carbons (Fsp3) is 0.316. The molecule has 9 heteroatoms. The molecule has 0 radical (unpaired) electrons. The van der Waals surface area contributed by atoms with E-state index in [1.807, 2.05) is 0 Å². The third-order valence-corrected chi connectivity index (χ3v) is 5.26. The summed E-state index contributed by atoms with van der Waals surface area (Å²) in [7, 11) is 5.76. The monoisotopic (exact) mass is 429 g/mol. The maximum absolute atomic E-state index is 14.2. The minimum Gasteiger partial charge on any atom is -0.494 e. The summed E-state index contributed by atoms with van der Waals surface area (Å²) in [5, 5.41) is 0. The molecule has 0 saturated carbocycles. The molecular formula is C19H18Cl2FNO5. The van der Waals surface area contributed by atoms with Gasteiger partial charge in [-0.25, -0.2) is 4.39 Å². The van der Waals surface area contributed by atoms with Crippen LogP contribution in [0.2, 0.25) is 0 Å². The van der Waals surface area contributed by atoms with Crippen molar-refractivity contribution in [3.8, 4) is 23.0 Å². The number of nitrogens with zero attached hydrogens (tertiary/aromatic N) is 1. The first-order valence-electron chi connectivity index (χ1n) is 8.15. The lowest BCUT2D eigenvalue weighted by atomic mass is 9.91.